The van der Waals surface area contributed by atoms with E-state index in [4.69, 9.17) is 4.74 Å². The van der Waals surface area contributed by atoms with Gasteiger partial charge < -0.3 is 15.0 Å². The largest absolute Gasteiger partial charge is 0.497 e. The van der Waals surface area contributed by atoms with Gasteiger partial charge in [-0.2, -0.15) is 4.31 Å². The molecule has 0 bridgehead atoms. The lowest BCUT2D eigenvalue weighted by molar-refractivity contribution is -0.116. The molecule has 160 valence electrons. The first-order valence-corrected chi connectivity index (χ1v) is 11.2. The number of nitrogens with zero attached hydrogens (tertiary/aromatic N) is 2. The van der Waals surface area contributed by atoms with Gasteiger partial charge >= 0.3 is 0 Å². The predicted molar refractivity (Wildman–Crippen MR) is 117 cm³/mol. The second-order valence-corrected chi connectivity index (χ2v) is 9.11. The molecule has 1 heterocycles. The van der Waals surface area contributed by atoms with Crippen molar-refractivity contribution < 1.29 is 17.9 Å². The summed E-state index contributed by atoms with van der Waals surface area (Å²) >= 11 is 0. The molecule has 0 aromatic heterocycles. The maximum Gasteiger partial charge on any atom is 0.244 e. The van der Waals surface area contributed by atoms with Gasteiger partial charge in [-0.25, -0.2) is 8.42 Å². The number of hydrogen-bond donors (Lipinski definition) is 1. The van der Waals surface area contributed by atoms with Crippen molar-refractivity contribution in [3.8, 4) is 5.75 Å². The highest BCUT2D eigenvalue weighted by molar-refractivity contribution is 7.89. The van der Waals surface area contributed by atoms with Crippen molar-refractivity contribution in [3.05, 3.63) is 65.7 Å². The third-order valence-electron chi connectivity index (χ3n) is 5.03. The standard InChI is InChI=1S/C22H27N3O4S/c1-24-13-15-25(16-14-24)30(27,28)21-10-5-19(6-11-21)17-23-22(26)12-7-18-3-8-20(29-2)9-4-18/h3-12H,13-17H2,1-2H3,(H,23,26)/b12-7+. The Hall–Kier alpha value is -2.68. The average Bonchev–Trinajstić information content (AvgIpc) is 2.77. The SMILES string of the molecule is COc1ccc(/C=C/C(=O)NCc2ccc(S(=O)(=O)N3CCN(C)CC3)cc2)cc1. The molecule has 30 heavy (non-hydrogen) atoms. The van der Waals surface area contributed by atoms with E-state index in [1.54, 1.807) is 37.5 Å². The molecule has 1 N–H and O–H groups in total. The van der Waals surface area contributed by atoms with Gasteiger partial charge in [-0.15, -0.1) is 0 Å². The van der Waals surface area contributed by atoms with E-state index in [1.807, 2.05) is 31.3 Å². The predicted octanol–water partition coefficient (Wildman–Crippen LogP) is 1.96. The Bertz CT molecular complexity index is 978. The van der Waals surface area contributed by atoms with Crippen LogP contribution < -0.4 is 10.1 Å². The van der Waals surface area contributed by atoms with E-state index in [0.717, 1.165) is 30.0 Å². The second kappa shape index (κ2) is 9.88. The van der Waals surface area contributed by atoms with Crippen molar-refractivity contribution >= 4 is 22.0 Å². The minimum absolute atomic E-state index is 0.222. The summed E-state index contributed by atoms with van der Waals surface area (Å²) in [6.07, 6.45) is 3.19. The van der Waals surface area contributed by atoms with Crippen molar-refractivity contribution in [2.45, 2.75) is 11.4 Å². The summed E-state index contributed by atoms with van der Waals surface area (Å²) in [5.74, 6) is 0.537. The number of carbonyl (C=O) groups is 1. The van der Waals surface area contributed by atoms with E-state index < -0.39 is 10.0 Å². The van der Waals surface area contributed by atoms with Crippen LogP contribution in [-0.4, -0.2) is 63.9 Å². The highest BCUT2D eigenvalue weighted by Gasteiger charge is 2.27. The number of likely N-dealkylation sites (N-methyl/N-ethyl adjacent to an activating group) is 1. The quantitative estimate of drug-likeness (QED) is 0.681. The van der Waals surface area contributed by atoms with E-state index >= 15 is 0 Å². The zero-order valence-corrected chi connectivity index (χ0v) is 18.1. The van der Waals surface area contributed by atoms with Crippen LogP contribution in [0.5, 0.6) is 5.75 Å². The van der Waals surface area contributed by atoms with Gasteiger partial charge in [-0.3, -0.25) is 4.79 Å². The zero-order chi connectivity index (χ0) is 21.6. The molecule has 2 aromatic rings. The fourth-order valence-electron chi connectivity index (χ4n) is 3.09. The number of benzene rings is 2. The number of ether oxygens (including phenoxy) is 1. The van der Waals surface area contributed by atoms with Gasteiger partial charge in [0.2, 0.25) is 15.9 Å². The molecule has 1 aliphatic heterocycles. The highest BCUT2D eigenvalue weighted by Crippen LogP contribution is 2.18. The van der Waals surface area contributed by atoms with Crippen LogP contribution >= 0.6 is 0 Å². The van der Waals surface area contributed by atoms with Crippen LogP contribution in [-0.2, 0) is 21.4 Å². The molecule has 0 radical (unpaired) electrons. The normalized spacial score (nSPS) is 15.9. The van der Waals surface area contributed by atoms with Crippen LogP contribution in [0.4, 0.5) is 0 Å². The number of carbonyl (C=O) groups excluding carboxylic acids is 1. The summed E-state index contributed by atoms with van der Waals surface area (Å²) in [5, 5.41) is 2.80. The van der Waals surface area contributed by atoms with Crippen LogP contribution in [0.15, 0.2) is 59.5 Å². The summed E-state index contributed by atoms with van der Waals surface area (Å²) in [6.45, 7) is 2.77. The van der Waals surface area contributed by atoms with Crippen LogP contribution in [0.1, 0.15) is 11.1 Å². The van der Waals surface area contributed by atoms with E-state index in [2.05, 4.69) is 10.2 Å². The number of sulfonamides is 1. The van der Waals surface area contributed by atoms with Crippen LogP contribution in [0.3, 0.4) is 0 Å². The van der Waals surface area contributed by atoms with Crippen LogP contribution in [0, 0.1) is 0 Å². The molecule has 0 atom stereocenters. The van der Waals surface area contributed by atoms with Crippen molar-refractivity contribution in [1.29, 1.82) is 0 Å². The maximum atomic E-state index is 12.8. The van der Waals surface area contributed by atoms with E-state index in [0.29, 0.717) is 19.6 Å². The smallest absolute Gasteiger partial charge is 0.244 e. The van der Waals surface area contributed by atoms with Gasteiger partial charge in [0, 0.05) is 38.8 Å². The summed E-state index contributed by atoms with van der Waals surface area (Å²) in [5.41, 5.74) is 1.72. The number of hydrogen-bond acceptors (Lipinski definition) is 5. The molecule has 1 saturated heterocycles. The average molecular weight is 430 g/mol. The first kappa shape index (κ1) is 22.0. The lowest BCUT2D eigenvalue weighted by Gasteiger charge is -2.31. The van der Waals surface area contributed by atoms with Gasteiger partial charge in [-0.05, 0) is 48.5 Å². The molecule has 8 heteroatoms. The van der Waals surface area contributed by atoms with E-state index in [1.165, 1.54) is 10.4 Å². The summed E-state index contributed by atoms with van der Waals surface area (Å²) in [7, 11) is 0.111. The third kappa shape index (κ3) is 5.69. The Morgan fingerprint density at radius 2 is 1.67 bits per heavy atom. The fraction of sp³-hybridized carbons (Fsp3) is 0.318. The zero-order valence-electron chi connectivity index (χ0n) is 17.2. The second-order valence-electron chi connectivity index (χ2n) is 7.18. The fourth-order valence-corrected chi connectivity index (χ4v) is 4.51. The van der Waals surface area contributed by atoms with Crippen molar-refractivity contribution in [1.82, 2.24) is 14.5 Å². The lowest BCUT2D eigenvalue weighted by Crippen LogP contribution is -2.46. The molecule has 0 aliphatic carbocycles. The van der Waals surface area contributed by atoms with Crippen molar-refractivity contribution in [2.24, 2.45) is 0 Å². The molecule has 7 nitrogen and oxygen atoms in total. The molecule has 2 aromatic carbocycles. The van der Waals surface area contributed by atoms with Gasteiger partial charge in [0.1, 0.15) is 5.75 Å². The molecule has 0 saturated carbocycles. The molecular weight excluding hydrogens is 402 g/mol. The van der Waals surface area contributed by atoms with E-state index in [-0.39, 0.29) is 10.8 Å². The van der Waals surface area contributed by atoms with Crippen LogP contribution in [0.2, 0.25) is 0 Å². The lowest BCUT2D eigenvalue weighted by atomic mass is 10.2. The molecule has 0 unspecified atom stereocenters. The topological polar surface area (TPSA) is 78.9 Å². The first-order valence-electron chi connectivity index (χ1n) is 9.76. The third-order valence-corrected chi connectivity index (χ3v) is 6.95. The molecule has 1 fully saturated rings. The van der Waals surface area contributed by atoms with Crippen LogP contribution in [0.25, 0.3) is 6.08 Å². The summed E-state index contributed by atoms with van der Waals surface area (Å²) in [6, 6.07) is 14.0. The molecule has 3 rings (SSSR count). The minimum Gasteiger partial charge on any atom is -0.497 e. The van der Waals surface area contributed by atoms with Gasteiger partial charge in [0.25, 0.3) is 0 Å². The Labute approximate surface area is 178 Å². The van der Waals surface area contributed by atoms with Gasteiger partial charge in [0.05, 0.1) is 12.0 Å². The Morgan fingerprint density at radius 3 is 2.27 bits per heavy atom. The van der Waals surface area contributed by atoms with Crippen molar-refractivity contribution in [3.63, 3.8) is 0 Å². The molecule has 1 aliphatic rings. The molecule has 1 amide bonds. The number of nitrogens with one attached hydrogen (secondary N) is 1. The van der Waals surface area contributed by atoms with Crippen molar-refractivity contribution in [2.75, 3.05) is 40.3 Å². The number of piperazine rings is 1. The Balaban J connectivity index is 1.53. The minimum atomic E-state index is -3.48. The number of amides is 1. The number of rotatable bonds is 7. The van der Waals surface area contributed by atoms with Gasteiger partial charge in [-0.1, -0.05) is 24.3 Å². The molecular formula is C22H27N3O4S. The number of methoxy groups -OCH3 is 1. The Morgan fingerprint density at radius 1 is 1.03 bits per heavy atom. The van der Waals surface area contributed by atoms with Gasteiger partial charge in [0.15, 0.2) is 0 Å². The maximum absolute atomic E-state index is 12.8. The summed E-state index contributed by atoms with van der Waals surface area (Å²) in [4.78, 5) is 14.4. The molecule has 0 spiro atoms. The Kier molecular flexibility index (Phi) is 7.25. The monoisotopic (exact) mass is 429 g/mol. The first-order chi connectivity index (χ1) is 14.4. The highest BCUT2D eigenvalue weighted by atomic mass is 32.2. The van der Waals surface area contributed by atoms with E-state index in [9.17, 15) is 13.2 Å². The summed E-state index contributed by atoms with van der Waals surface area (Å²) < 4.78 is 32.1.